The molecular formula is C20H22BrFN4O2. The van der Waals surface area contributed by atoms with E-state index in [-0.39, 0.29) is 5.91 Å². The maximum absolute atomic E-state index is 14.3. The minimum absolute atomic E-state index is 0.0674. The zero-order valence-corrected chi connectivity index (χ0v) is 17.2. The van der Waals surface area contributed by atoms with E-state index in [0.717, 1.165) is 36.8 Å². The lowest BCUT2D eigenvalue weighted by Gasteiger charge is -2.29. The van der Waals surface area contributed by atoms with Gasteiger partial charge in [-0.3, -0.25) is 9.59 Å². The van der Waals surface area contributed by atoms with Gasteiger partial charge in [0.2, 0.25) is 11.8 Å². The number of carbonyl (C=O) groups is 2. The number of piperidine rings is 1. The van der Waals surface area contributed by atoms with Crippen molar-refractivity contribution in [1.29, 1.82) is 0 Å². The van der Waals surface area contributed by atoms with Gasteiger partial charge in [-0.2, -0.15) is 5.10 Å². The number of nitrogens with one attached hydrogen (secondary N) is 1. The average Bonchev–Trinajstić information content (AvgIpc) is 3.12. The monoisotopic (exact) mass is 448 g/mol. The van der Waals surface area contributed by atoms with Crippen LogP contribution < -0.4 is 5.32 Å². The molecule has 0 aliphatic carbocycles. The van der Waals surface area contributed by atoms with Crippen molar-refractivity contribution in [3.8, 4) is 5.69 Å². The van der Waals surface area contributed by atoms with E-state index in [9.17, 15) is 14.0 Å². The number of carbonyl (C=O) groups excluding carboxylic acids is 2. The van der Waals surface area contributed by atoms with Gasteiger partial charge in [0, 0.05) is 25.4 Å². The molecule has 1 atom stereocenters. The van der Waals surface area contributed by atoms with Crippen molar-refractivity contribution in [2.45, 2.75) is 32.2 Å². The van der Waals surface area contributed by atoms with Gasteiger partial charge < -0.3 is 10.2 Å². The molecule has 28 heavy (non-hydrogen) atoms. The predicted octanol–water partition coefficient (Wildman–Crippen LogP) is 3.30. The summed E-state index contributed by atoms with van der Waals surface area (Å²) in [5.41, 5.74) is 0.852. The molecule has 3 rings (SSSR count). The van der Waals surface area contributed by atoms with Crippen LogP contribution in [0.5, 0.6) is 0 Å². The number of benzene rings is 1. The molecule has 1 aromatic heterocycles. The summed E-state index contributed by atoms with van der Waals surface area (Å²) in [6, 6.07) is 4.03. The number of hydrogen-bond donors (Lipinski definition) is 1. The number of nitrogens with zero attached hydrogens (tertiary/aromatic N) is 3. The van der Waals surface area contributed by atoms with Gasteiger partial charge in [0.1, 0.15) is 17.5 Å². The fourth-order valence-electron chi connectivity index (χ4n) is 3.13. The van der Waals surface area contributed by atoms with Gasteiger partial charge in [-0.1, -0.05) is 6.07 Å². The van der Waals surface area contributed by atoms with Crippen LogP contribution in [0.1, 0.15) is 31.7 Å². The van der Waals surface area contributed by atoms with Crippen LogP contribution >= 0.6 is 15.9 Å². The molecule has 2 heterocycles. The molecule has 8 heteroatoms. The van der Waals surface area contributed by atoms with Crippen molar-refractivity contribution >= 4 is 33.8 Å². The smallest absolute Gasteiger partial charge is 0.244 e. The molecule has 1 aromatic carbocycles. The quantitative estimate of drug-likeness (QED) is 0.713. The Balaban J connectivity index is 1.59. The van der Waals surface area contributed by atoms with Gasteiger partial charge in [0.05, 0.1) is 10.7 Å². The Bertz CT molecular complexity index is 890. The van der Waals surface area contributed by atoms with E-state index >= 15 is 0 Å². The SMILES string of the molecule is C[C@H](NC(=O)/C=C/c1ccc(-n2cc(Br)cn2)c(F)c1)C(=O)N1CCCCC1. The summed E-state index contributed by atoms with van der Waals surface area (Å²) >= 11 is 3.28. The molecule has 0 spiro atoms. The molecule has 1 saturated heterocycles. The largest absolute Gasteiger partial charge is 0.341 e. The Kier molecular flexibility index (Phi) is 6.61. The topological polar surface area (TPSA) is 67.2 Å². The van der Waals surface area contributed by atoms with Crippen LogP contribution in [0.25, 0.3) is 11.8 Å². The van der Waals surface area contributed by atoms with Crippen molar-refractivity contribution in [2.75, 3.05) is 13.1 Å². The summed E-state index contributed by atoms with van der Waals surface area (Å²) in [4.78, 5) is 26.3. The zero-order valence-electron chi connectivity index (χ0n) is 15.6. The molecule has 0 unspecified atom stereocenters. The summed E-state index contributed by atoms with van der Waals surface area (Å²) in [7, 11) is 0. The van der Waals surface area contributed by atoms with Crippen LogP contribution in [0.3, 0.4) is 0 Å². The van der Waals surface area contributed by atoms with E-state index in [1.807, 2.05) is 0 Å². The van der Waals surface area contributed by atoms with E-state index in [1.165, 1.54) is 22.9 Å². The van der Waals surface area contributed by atoms with Crippen LogP contribution in [-0.2, 0) is 9.59 Å². The normalized spacial score (nSPS) is 15.6. The molecule has 1 aliphatic rings. The van der Waals surface area contributed by atoms with Crippen LogP contribution in [0.2, 0.25) is 0 Å². The molecule has 1 fully saturated rings. The number of halogens is 2. The Morgan fingerprint density at radius 3 is 2.68 bits per heavy atom. The zero-order chi connectivity index (χ0) is 20.1. The molecule has 2 aromatic rings. The van der Waals surface area contributed by atoms with E-state index < -0.39 is 17.8 Å². The second-order valence-corrected chi connectivity index (χ2v) is 7.68. The Hall–Kier alpha value is -2.48. The fourth-order valence-corrected chi connectivity index (χ4v) is 3.41. The van der Waals surface area contributed by atoms with Crippen LogP contribution in [0.15, 0.2) is 41.1 Å². The van der Waals surface area contributed by atoms with Crippen LogP contribution in [0, 0.1) is 5.82 Å². The fraction of sp³-hybridized carbons (Fsp3) is 0.350. The molecule has 148 valence electrons. The lowest BCUT2D eigenvalue weighted by molar-refractivity contribution is -0.135. The third-order valence-electron chi connectivity index (χ3n) is 4.59. The average molecular weight is 449 g/mol. The molecule has 6 nitrogen and oxygen atoms in total. The third kappa shape index (κ3) is 5.07. The Morgan fingerprint density at radius 1 is 1.29 bits per heavy atom. The van der Waals surface area contributed by atoms with E-state index in [1.54, 1.807) is 36.4 Å². The third-order valence-corrected chi connectivity index (χ3v) is 5.00. The first-order valence-electron chi connectivity index (χ1n) is 9.21. The lowest BCUT2D eigenvalue weighted by atomic mass is 10.1. The van der Waals surface area contributed by atoms with Crippen molar-refractivity contribution in [1.82, 2.24) is 20.0 Å². The highest BCUT2D eigenvalue weighted by Crippen LogP contribution is 2.18. The van der Waals surface area contributed by atoms with Crippen molar-refractivity contribution in [2.24, 2.45) is 0 Å². The second kappa shape index (κ2) is 9.14. The number of rotatable bonds is 5. The standard InChI is InChI=1S/C20H22BrFN4O2/c1-14(20(28)25-9-3-2-4-10-25)24-19(27)8-6-15-5-7-18(17(22)11-15)26-13-16(21)12-23-26/h5-8,11-14H,2-4,9-10H2,1H3,(H,24,27)/b8-6+/t14-/m0/s1. The van der Waals surface area contributed by atoms with Crippen molar-refractivity contribution in [3.63, 3.8) is 0 Å². The molecular weight excluding hydrogens is 427 g/mol. The Morgan fingerprint density at radius 2 is 2.04 bits per heavy atom. The van der Waals surface area contributed by atoms with Crippen molar-refractivity contribution in [3.05, 3.63) is 52.5 Å². The highest BCUT2D eigenvalue weighted by Gasteiger charge is 2.22. The number of aromatic nitrogens is 2. The first-order valence-corrected chi connectivity index (χ1v) is 10.0. The summed E-state index contributed by atoms with van der Waals surface area (Å²) in [5.74, 6) is -0.910. The van der Waals surface area contributed by atoms with Gasteiger partial charge in [0.15, 0.2) is 0 Å². The first kappa shape index (κ1) is 20.3. The molecule has 0 saturated carbocycles. The van der Waals surface area contributed by atoms with Gasteiger partial charge in [0.25, 0.3) is 0 Å². The van der Waals surface area contributed by atoms with Gasteiger partial charge in [-0.15, -0.1) is 0 Å². The molecule has 0 radical (unpaired) electrons. The van der Waals surface area contributed by atoms with E-state index in [2.05, 4.69) is 26.3 Å². The number of hydrogen-bond acceptors (Lipinski definition) is 3. The summed E-state index contributed by atoms with van der Waals surface area (Å²) in [6.45, 7) is 3.17. The number of likely N-dealkylation sites (tertiary alicyclic amines) is 1. The molecule has 1 N–H and O–H groups in total. The van der Waals surface area contributed by atoms with Crippen molar-refractivity contribution < 1.29 is 14.0 Å². The van der Waals surface area contributed by atoms with Gasteiger partial charge in [-0.25, -0.2) is 9.07 Å². The lowest BCUT2D eigenvalue weighted by Crippen LogP contribution is -2.48. The summed E-state index contributed by atoms with van der Waals surface area (Å²) in [5, 5.41) is 6.72. The minimum Gasteiger partial charge on any atom is -0.341 e. The maximum Gasteiger partial charge on any atom is 0.244 e. The second-order valence-electron chi connectivity index (χ2n) is 6.76. The van der Waals surface area contributed by atoms with E-state index in [0.29, 0.717) is 11.3 Å². The molecule has 1 aliphatic heterocycles. The number of amides is 2. The Labute approximate surface area is 171 Å². The molecule has 2 amide bonds. The first-order chi connectivity index (χ1) is 13.4. The highest BCUT2D eigenvalue weighted by molar-refractivity contribution is 9.10. The summed E-state index contributed by atoms with van der Waals surface area (Å²) < 4.78 is 16.5. The van der Waals surface area contributed by atoms with Gasteiger partial charge in [-0.05, 0) is 65.9 Å². The van der Waals surface area contributed by atoms with Gasteiger partial charge >= 0.3 is 0 Å². The predicted molar refractivity (Wildman–Crippen MR) is 108 cm³/mol. The molecule has 0 bridgehead atoms. The summed E-state index contributed by atoms with van der Waals surface area (Å²) in [6.07, 6.45) is 9.19. The minimum atomic E-state index is -0.590. The van der Waals surface area contributed by atoms with Crippen LogP contribution in [0.4, 0.5) is 4.39 Å². The highest BCUT2D eigenvalue weighted by atomic mass is 79.9. The maximum atomic E-state index is 14.3. The van der Waals surface area contributed by atoms with Crippen LogP contribution in [-0.4, -0.2) is 45.6 Å². The van der Waals surface area contributed by atoms with E-state index in [4.69, 9.17) is 0 Å².